The largest absolute Gasteiger partial charge is 0.329 e. The van der Waals surface area contributed by atoms with E-state index in [2.05, 4.69) is 16.1 Å². The molecule has 0 aromatic heterocycles. The van der Waals surface area contributed by atoms with Gasteiger partial charge in [0.1, 0.15) is 6.73 Å². The standard InChI is InChI=1S/C6H12N2O4S/c1-2-6(9)8-5-12-13(10,11)4-3-7/h2H,1,3-5,7H2,(H,8,9). The average molecular weight is 208 g/mol. The molecule has 0 atom stereocenters. The van der Waals surface area contributed by atoms with Crippen LogP contribution in [0.2, 0.25) is 0 Å². The lowest BCUT2D eigenvalue weighted by molar-refractivity contribution is -0.117. The third kappa shape index (κ3) is 6.26. The zero-order chi connectivity index (χ0) is 10.3. The molecule has 13 heavy (non-hydrogen) atoms. The number of hydrogen-bond donors (Lipinski definition) is 2. The molecule has 0 saturated carbocycles. The van der Waals surface area contributed by atoms with Crippen LogP contribution < -0.4 is 11.1 Å². The van der Waals surface area contributed by atoms with Crippen molar-refractivity contribution in [3.05, 3.63) is 12.7 Å². The first kappa shape index (κ1) is 12.1. The molecule has 7 heteroatoms. The molecule has 0 bridgehead atoms. The Morgan fingerprint density at radius 3 is 2.69 bits per heavy atom. The van der Waals surface area contributed by atoms with Gasteiger partial charge in [0, 0.05) is 6.54 Å². The van der Waals surface area contributed by atoms with Crippen LogP contribution in [0.25, 0.3) is 0 Å². The minimum absolute atomic E-state index is 0.0161. The fourth-order valence-corrected chi connectivity index (χ4v) is 1.11. The molecule has 0 aliphatic heterocycles. The van der Waals surface area contributed by atoms with Crippen LogP contribution in [0, 0.1) is 0 Å². The third-order valence-electron chi connectivity index (χ3n) is 1.04. The summed E-state index contributed by atoms with van der Waals surface area (Å²) in [6, 6.07) is 0. The first-order valence-corrected chi connectivity index (χ1v) is 5.07. The zero-order valence-electron chi connectivity index (χ0n) is 7.02. The van der Waals surface area contributed by atoms with Crippen LogP contribution in [0.4, 0.5) is 0 Å². The van der Waals surface area contributed by atoms with Crippen LogP contribution in [0.15, 0.2) is 12.7 Å². The molecule has 0 aliphatic carbocycles. The van der Waals surface area contributed by atoms with Gasteiger partial charge in [0.25, 0.3) is 10.1 Å². The van der Waals surface area contributed by atoms with Gasteiger partial charge in [-0.1, -0.05) is 6.58 Å². The first-order chi connectivity index (χ1) is 6.02. The minimum atomic E-state index is -3.61. The molecule has 0 aliphatic rings. The fraction of sp³-hybridized carbons (Fsp3) is 0.500. The van der Waals surface area contributed by atoms with Crippen LogP contribution in [-0.2, 0) is 19.1 Å². The van der Waals surface area contributed by atoms with Crippen molar-refractivity contribution in [1.29, 1.82) is 0 Å². The summed E-state index contributed by atoms with van der Waals surface area (Å²) in [7, 11) is -3.61. The van der Waals surface area contributed by atoms with E-state index in [1.165, 1.54) is 0 Å². The molecule has 0 heterocycles. The highest BCUT2D eigenvalue weighted by molar-refractivity contribution is 7.86. The molecule has 0 aromatic rings. The van der Waals surface area contributed by atoms with E-state index in [1.54, 1.807) is 0 Å². The van der Waals surface area contributed by atoms with Crippen LogP contribution in [0.5, 0.6) is 0 Å². The molecule has 0 spiro atoms. The second-order valence-corrected chi connectivity index (χ2v) is 3.82. The lowest BCUT2D eigenvalue weighted by atomic mass is 10.6. The molecular weight excluding hydrogens is 196 g/mol. The summed E-state index contributed by atoms with van der Waals surface area (Å²) >= 11 is 0. The summed E-state index contributed by atoms with van der Waals surface area (Å²) in [5, 5.41) is 2.15. The van der Waals surface area contributed by atoms with Crippen molar-refractivity contribution in [3.63, 3.8) is 0 Å². The molecule has 0 fully saturated rings. The van der Waals surface area contributed by atoms with E-state index in [0.717, 1.165) is 6.08 Å². The van der Waals surface area contributed by atoms with Crippen molar-refractivity contribution in [3.8, 4) is 0 Å². The number of nitrogens with two attached hydrogens (primary N) is 1. The summed E-state index contributed by atoms with van der Waals surface area (Å²) in [4.78, 5) is 10.5. The number of carbonyl (C=O) groups is 1. The number of nitrogens with one attached hydrogen (secondary N) is 1. The number of amides is 1. The van der Waals surface area contributed by atoms with Gasteiger partial charge >= 0.3 is 0 Å². The second kappa shape index (κ2) is 5.68. The highest BCUT2D eigenvalue weighted by Crippen LogP contribution is 1.89. The Morgan fingerprint density at radius 2 is 2.23 bits per heavy atom. The fourth-order valence-electron chi connectivity index (χ4n) is 0.466. The van der Waals surface area contributed by atoms with Crippen molar-refractivity contribution < 1.29 is 17.4 Å². The Hall–Kier alpha value is -0.920. The molecule has 0 saturated heterocycles. The molecule has 1 amide bonds. The van der Waals surface area contributed by atoms with E-state index in [9.17, 15) is 13.2 Å². The molecule has 6 nitrogen and oxygen atoms in total. The van der Waals surface area contributed by atoms with Gasteiger partial charge in [-0.25, -0.2) is 4.18 Å². The molecule has 0 aromatic carbocycles. The Labute approximate surface area is 76.9 Å². The summed E-state index contributed by atoms with van der Waals surface area (Å²) in [5.74, 6) is -0.764. The van der Waals surface area contributed by atoms with Crippen molar-refractivity contribution in [2.75, 3.05) is 19.0 Å². The lowest BCUT2D eigenvalue weighted by Gasteiger charge is -2.03. The van der Waals surface area contributed by atoms with Gasteiger partial charge < -0.3 is 11.1 Å². The molecular formula is C6H12N2O4S. The zero-order valence-corrected chi connectivity index (χ0v) is 7.84. The van der Waals surface area contributed by atoms with Crippen molar-refractivity contribution in [2.45, 2.75) is 0 Å². The normalized spacial score (nSPS) is 10.8. The Morgan fingerprint density at radius 1 is 1.62 bits per heavy atom. The van der Waals surface area contributed by atoms with Crippen molar-refractivity contribution in [1.82, 2.24) is 5.32 Å². The van der Waals surface area contributed by atoms with E-state index < -0.39 is 22.8 Å². The predicted octanol–water partition coefficient (Wildman–Crippen LogP) is -1.45. The van der Waals surface area contributed by atoms with Gasteiger partial charge in [-0.3, -0.25) is 4.79 Å². The highest BCUT2D eigenvalue weighted by Gasteiger charge is 2.09. The van der Waals surface area contributed by atoms with Crippen molar-refractivity contribution in [2.24, 2.45) is 5.73 Å². The number of hydrogen-bond acceptors (Lipinski definition) is 5. The third-order valence-corrected chi connectivity index (χ3v) is 2.25. The van der Waals surface area contributed by atoms with Crippen LogP contribution in [-0.4, -0.2) is 33.4 Å². The summed E-state index contributed by atoms with van der Waals surface area (Å²) < 4.78 is 26.0. The van der Waals surface area contributed by atoms with Gasteiger partial charge in [-0.05, 0) is 6.08 Å². The van der Waals surface area contributed by atoms with Crippen molar-refractivity contribution >= 4 is 16.0 Å². The maximum atomic E-state index is 10.8. The van der Waals surface area contributed by atoms with Gasteiger partial charge in [0.15, 0.2) is 0 Å². The first-order valence-electron chi connectivity index (χ1n) is 3.49. The maximum absolute atomic E-state index is 10.8. The quantitative estimate of drug-likeness (QED) is 0.316. The number of rotatable bonds is 6. The molecule has 0 radical (unpaired) electrons. The summed E-state index contributed by atoms with van der Waals surface area (Å²) in [6.45, 7) is 2.76. The van der Waals surface area contributed by atoms with Gasteiger partial charge in [0.2, 0.25) is 5.91 Å². The Kier molecular flexibility index (Phi) is 5.28. The predicted molar refractivity (Wildman–Crippen MR) is 47.1 cm³/mol. The molecule has 0 unspecified atom stereocenters. The number of carbonyl (C=O) groups excluding carboxylic acids is 1. The second-order valence-electron chi connectivity index (χ2n) is 2.06. The summed E-state index contributed by atoms with van der Waals surface area (Å²) in [6.07, 6.45) is 1.01. The SMILES string of the molecule is C=CC(=O)NCOS(=O)(=O)CCN. The van der Waals surface area contributed by atoms with E-state index in [-0.39, 0.29) is 12.3 Å². The van der Waals surface area contributed by atoms with Gasteiger partial charge in [-0.2, -0.15) is 8.42 Å². The smallest absolute Gasteiger partial charge is 0.270 e. The van der Waals surface area contributed by atoms with Crippen LogP contribution in [0.1, 0.15) is 0 Å². The van der Waals surface area contributed by atoms with Gasteiger partial charge in [-0.15, -0.1) is 0 Å². The highest BCUT2D eigenvalue weighted by atomic mass is 32.2. The van der Waals surface area contributed by atoms with Crippen LogP contribution >= 0.6 is 0 Å². The van der Waals surface area contributed by atoms with E-state index in [0.29, 0.717) is 0 Å². The maximum Gasteiger partial charge on any atom is 0.270 e. The molecule has 76 valence electrons. The summed E-state index contributed by atoms with van der Waals surface area (Å²) in [5.41, 5.74) is 5.01. The topological polar surface area (TPSA) is 98.5 Å². The van der Waals surface area contributed by atoms with Gasteiger partial charge in [0.05, 0.1) is 5.75 Å². The minimum Gasteiger partial charge on any atom is -0.329 e. The average Bonchev–Trinajstić information content (AvgIpc) is 2.03. The monoisotopic (exact) mass is 208 g/mol. The van der Waals surface area contributed by atoms with E-state index in [4.69, 9.17) is 5.73 Å². The Balaban J connectivity index is 3.76. The molecule has 0 rings (SSSR count). The van der Waals surface area contributed by atoms with E-state index >= 15 is 0 Å². The van der Waals surface area contributed by atoms with E-state index in [1.807, 2.05) is 0 Å². The lowest BCUT2D eigenvalue weighted by Crippen LogP contribution is -2.28. The molecule has 3 N–H and O–H groups in total. The Bertz CT molecular complexity index is 272. The van der Waals surface area contributed by atoms with Crippen LogP contribution in [0.3, 0.4) is 0 Å².